The van der Waals surface area contributed by atoms with Gasteiger partial charge in [0.1, 0.15) is 18.2 Å². The highest BCUT2D eigenvalue weighted by atomic mass is 35.5. The van der Waals surface area contributed by atoms with Gasteiger partial charge in [0.05, 0.1) is 28.3 Å². The first-order chi connectivity index (χ1) is 18.7. The van der Waals surface area contributed by atoms with Gasteiger partial charge in [0.2, 0.25) is 0 Å². The van der Waals surface area contributed by atoms with Crippen LogP contribution in [0.4, 0.5) is 5.69 Å². The Kier molecular flexibility index (Phi) is 7.44. The van der Waals surface area contributed by atoms with E-state index in [-0.39, 0.29) is 11.6 Å². The Morgan fingerprint density at radius 2 is 1.77 bits per heavy atom. The predicted octanol–water partition coefficient (Wildman–Crippen LogP) is 7.80. The molecule has 1 heterocycles. The number of rotatable bonds is 5. The monoisotopic (exact) mass is 557 g/mol. The second kappa shape index (κ2) is 10.8. The van der Waals surface area contributed by atoms with Crippen LogP contribution >= 0.6 is 23.2 Å². The van der Waals surface area contributed by atoms with E-state index in [0.717, 1.165) is 39.3 Å². The highest BCUT2D eigenvalue weighted by molar-refractivity contribution is 6.36. The molecule has 3 aromatic rings. The Morgan fingerprint density at radius 1 is 1.03 bits per heavy atom. The molecule has 5 nitrogen and oxygen atoms in total. The maximum Gasteiger partial charge on any atom is 0.161 e. The number of halogens is 2. The van der Waals surface area contributed by atoms with Crippen LogP contribution in [0.2, 0.25) is 10.0 Å². The van der Waals surface area contributed by atoms with Crippen molar-refractivity contribution in [3.8, 4) is 11.8 Å². The Morgan fingerprint density at radius 3 is 2.46 bits per heavy atom. The molecule has 3 aromatic carbocycles. The summed E-state index contributed by atoms with van der Waals surface area (Å²) in [5, 5.41) is 11.3. The number of ether oxygens (including phenoxy) is 1. The summed E-state index contributed by atoms with van der Waals surface area (Å²) >= 11 is 12.7. The van der Waals surface area contributed by atoms with Gasteiger partial charge in [-0.15, -0.1) is 0 Å². The molecule has 0 saturated heterocycles. The third kappa shape index (κ3) is 5.03. The van der Waals surface area contributed by atoms with Gasteiger partial charge in [-0.05, 0) is 86.2 Å². The number of anilines is 1. The summed E-state index contributed by atoms with van der Waals surface area (Å²) in [6, 6.07) is 19.5. The van der Waals surface area contributed by atoms with Gasteiger partial charge in [0, 0.05) is 22.7 Å². The van der Waals surface area contributed by atoms with Crippen molar-refractivity contribution < 1.29 is 9.53 Å². The number of Topliss-reactive ketones (excluding diaryl/α,β-unsaturated/α-hetero) is 1. The van der Waals surface area contributed by atoms with Crippen molar-refractivity contribution in [1.82, 2.24) is 0 Å². The number of hydrogen-bond acceptors (Lipinski definition) is 5. The summed E-state index contributed by atoms with van der Waals surface area (Å²) in [5.74, 6) is 0.509. The van der Waals surface area contributed by atoms with Gasteiger partial charge in [0.15, 0.2) is 5.78 Å². The average molecular weight is 559 g/mol. The van der Waals surface area contributed by atoms with Crippen LogP contribution in [0, 0.1) is 32.1 Å². The summed E-state index contributed by atoms with van der Waals surface area (Å²) in [6.07, 6.45) is 1.76. The van der Waals surface area contributed by atoms with Crippen molar-refractivity contribution in [2.24, 2.45) is 5.73 Å². The molecule has 1 aliphatic carbocycles. The molecule has 1 aliphatic heterocycles. The van der Waals surface area contributed by atoms with Crippen molar-refractivity contribution in [2.75, 3.05) is 4.90 Å². The maximum absolute atomic E-state index is 13.6. The summed E-state index contributed by atoms with van der Waals surface area (Å²) in [4.78, 5) is 15.3. The molecule has 0 amide bonds. The minimum Gasteiger partial charge on any atom is -0.489 e. The summed E-state index contributed by atoms with van der Waals surface area (Å²) in [7, 11) is 0. The van der Waals surface area contributed by atoms with E-state index in [1.807, 2.05) is 45.0 Å². The van der Waals surface area contributed by atoms with Gasteiger partial charge in [-0.25, -0.2) is 0 Å². The van der Waals surface area contributed by atoms with Gasteiger partial charge in [0.25, 0.3) is 0 Å². The Balaban J connectivity index is 1.63. The van der Waals surface area contributed by atoms with E-state index < -0.39 is 5.92 Å². The first-order valence-electron chi connectivity index (χ1n) is 12.9. The molecule has 1 unspecified atom stereocenters. The zero-order valence-electron chi connectivity index (χ0n) is 22.1. The Labute approximate surface area is 239 Å². The lowest BCUT2D eigenvalue weighted by Crippen LogP contribution is -2.39. The van der Waals surface area contributed by atoms with Gasteiger partial charge < -0.3 is 10.5 Å². The third-order valence-corrected chi connectivity index (χ3v) is 8.05. The minimum absolute atomic E-state index is 0.0222. The molecule has 5 rings (SSSR count). The molecule has 0 radical (unpaired) electrons. The minimum atomic E-state index is -0.571. The molecule has 198 valence electrons. The molecular formula is C32H29Cl2N3O2. The number of carbonyl (C=O) groups is 1. The molecule has 2 aliphatic rings. The van der Waals surface area contributed by atoms with Crippen molar-refractivity contribution >= 4 is 34.7 Å². The fourth-order valence-electron chi connectivity index (χ4n) is 5.51. The molecule has 7 heteroatoms. The van der Waals surface area contributed by atoms with Crippen LogP contribution in [-0.2, 0) is 11.4 Å². The number of aryl methyl sites for hydroxylation is 3. The van der Waals surface area contributed by atoms with E-state index in [1.165, 1.54) is 0 Å². The first-order valence-corrected chi connectivity index (χ1v) is 13.7. The molecule has 39 heavy (non-hydrogen) atoms. The first kappa shape index (κ1) is 26.9. The number of benzene rings is 3. The second-order valence-electron chi connectivity index (χ2n) is 10.1. The van der Waals surface area contributed by atoms with E-state index in [0.29, 0.717) is 52.7 Å². The van der Waals surface area contributed by atoms with Crippen LogP contribution in [0.5, 0.6) is 5.75 Å². The fraction of sp³-hybridized carbons (Fsp3) is 0.250. The standard InChI is InChI=1S/C32H29Cl2N3O2/c1-18-7-10-23(11-8-18)39-17-21-14-24(20(3)13-19(21)2)30-25(16-35)32(36)37(27-12-9-22(33)15-26(27)34)28-5-4-6-29(38)31(28)30/h7-15,30H,4-6,17,36H2,1-3H3. The molecule has 0 fully saturated rings. The molecule has 0 spiro atoms. The van der Waals surface area contributed by atoms with E-state index in [2.05, 4.69) is 18.2 Å². The van der Waals surface area contributed by atoms with E-state index in [4.69, 9.17) is 33.7 Å². The molecule has 0 saturated carbocycles. The Hall–Kier alpha value is -3.72. The summed E-state index contributed by atoms with van der Waals surface area (Å²) in [6.45, 7) is 6.45. The number of carbonyl (C=O) groups excluding carboxylic acids is 1. The smallest absolute Gasteiger partial charge is 0.161 e. The normalized spacial score (nSPS) is 17.3. The SMILES string of the molecule is Cc1ccc(OCc2cc(C3C(C#N)=C(N)N(c4ccc(Cl)cc4Cl)C4=C3C(=O)CCC4)c(C)cc2C)cc1. The van der Waals surface area contributed by atoms with Gasteiger partial charge in [-0.3, -0.25) is 9.69 Å². The zero-order valence-corrected chi connectivity index (χ0v) is 23.7. The van der Waals surface area contributed by atoms with E-state index >= 15 is 0 Å². The van der Waals surface area contributed by atoms with Gasteiger partial charge in [-0.1, -0.05) is 53.0 Å². The lowest BCUT2D eigenvalue weighted by molar-refractivity contribution is -0.116. The highest BCUT2D eigenvalue weighted by Crippen LogP contribution is 2.48. The average Bonchev–Trinajstić information content (AvgIpc) is 2.90. The van der Waals surface area contributed by atoms with Crippen molar-refractivity contribution in [3.63, 3.8) is 0 Å². The number of nitrogens with two attached hydrogens (primary N) is 1. The van der Waals surface area contributed by atoms with Gasteiger partial charge >= 0.3 is 0 Å². The number of nitrogens with zero attached hydrogens (tertiary/aromatic N) is 2. The van der Waals surface area contributed by atoms with Crippen LogP contribution < -0.4 is 15.4 Å². The molecule has 1 atom stereocenters. The van der Waals surface area contributed by atoms with E-state index in [1.54, 1.807) is 23.1 Å². The van der Waals surface area contributed by atoms with Crippen LogP contribution in [0.15, 0.2) is 77.3 Å². The van der Waals surface area contributed by atoms with Crippen molar-refractivity contribution in [3.05, 3.63) is 115 Å². The summed E-state index contributed by atoms with van der Waals surface area (Å²) in [5.41, 5.74) is 14.2. The third-order valence-electron chi connectivity index (χ3n) is 7.51. The van der Waals surface area contributed by atoms with Crippen LogP contribution in [0.3, 0.4) is 0 Å². The second-order valence-corrected chi connectivity index (χ2v) is 11.0. The fourth-order valence-corrected chi connectivity index (χ4v) is 6.01. The topological polar surface area (TPSA) is 79.3 Å². The number of hydrogen-bond donors (Lipinski definition) is 1. The lowest BCUT2D eigenvalue weighted by atomic mass is 9.74. The molecule has 0 aromatic heterocycles. The number of ketones is 1. The number of allylic oxidation sites excluding steroid dienone is 3. The highest BCUT2D eigenvalue weighted by Gasteiger charge is 2.41. The van der Waals surface area contributed by atoms with Gasteiger partial charge in [-0.2, -0.15) is 5.26 Å². The maximum atomic E-state index is 13.6. The van der Waals surface area contributed by atoms with Crippen molar-refractivity contribution in [1.29, 1.82) is 5.26 Å². The van der Waals surface area contributed by atoms with E-state index in [9.17, 15) is 10.1 Å². The van der Waals surface area contributed by atoms with Crippen LogP contribution in [-0.4, -0.2) is 5.78 Å². The largest absolute Gasteiger partial charge is 0.489 e. The molecule has 0 bridgehead atoms. The summed E-state index contributed by atoms with van der Waals surface area (Å²) < 4.78 is 6.10. The molecule has 2 N–H and O–H groups in total. The number of nitriles is 1. The molecular weight excluding hydrogens is 529 g/mol. The Bertz CT molecular complexity index is 1580. The zero-order chi connectivity index (χ0) is 27.8. The predicted molar refractivity (Wildman–Crippen MR) is 156 cm³/mol. The lowest BCUT2D eigenvalue weighted by Gasteiger charge is -2.40. The van der Waals surface area contributed by atoms with Crippen LogP contribution in [0.1, 0.15) is 53.0 Å². The van der Waals surface area contributed by atoms with Crippen LogP contribution in [0.25, 0.3) is 0 Å². The van der Waals surface area contributed by atoms with Crippen molar-refractivity contribution in [2.45, 2.75) is 52.6 Å². The quantitative estimate of drug-likeness (QED) is 0.346.